The van der Waals surface area contributed by atoms with Gasteiger partial charge in [-0.3, -0.25) is 14.4 Å². The third kappa shape index (κ3) is 9.67. The molecule has 0 spiro atoms. The van der Waals surface area contributed by atoms with Crippen LogP contribution in [0.25, 0.3) is 0 Å². The second kappa shape index (κ2) is 15.5. The van der Waals surface area contributed by atoms with E-state index < -0.39 is 12.6 Å². The van der Waals surface area contributed by atoms with Crippen LogP contribution in [0.5, 0.6) is 0 Å². The number of unbranched alkanes of at least 4 members (excludes halogenated alkanes) is 3. The number of aliphatic hydroxyl groups excluding tert-OH is 1. The molecule has 0 saturated heterocycles. The Morgan fingerprint density at radius 1 is 0.861 bits per heavy atom. The van der Waals surface area contributed by atoms with Gasteiger partial charge in [0.1, 0.15) is 6.61 Å². The van der Waals surface area contributed by atoms with E-state index in [9.17, 15) is 19.5 Å². The lowest BCUT2D eigenvalue weighted by Crippen LogP contribution is -2.46. The van der Waals surface area contributed by atoms with Gasteiger partial charge in [-0.25, -0.2) is 0 Å². The van der Waals surface area contributed by atoms with E-state index in [1.54, 1.807) is 24.3 Å². The van der Waals surface area contributed by atoms with Crippen LogP contribution in [0.4, 0.5) is 5.69 Å². The fourth-order valence-electron chi connectivity index (χ4n) is 3.80. The van der Waals surface area contributed by atoms with Gasteiger partial charge in [0.05, 0.1) is 6.04 Å². The number of carbonyl (C=O) groups is 3. The van der Waals surface area contributed by atoms with Gasteiger partial charge in [-0.2, -0.15) is 0 Å². The molecule has 0 aromatic heterocycles. The first-order chi connectivity index (χ1) is 17.4. The quantitative estimate of drug-likeness (QED) is 0.269. The van der Waals surface area contributed by atoms with E-state index in [2.05, 4.69) is 36.3 Å². The Morgan fingerprint density at radius 2 is 1.44 bits per heavy atom. The molecule has 192 valence electrons. The number of Topliss-reactive ketones (excluding diaryl/α,β-unsaturated/α-hetero) is 1. The highest BCUT2D eigenvalue weighted by atomic mass is 16.3. The van der Waals surface area contributed by atoms with Crippen LogP contribution in [0.2, 0.25) is 0 Å². The molecule has 2 rings (SSSR count). The lowest BCUT2D eigenvalue weighted by molar-refractivity contribution is -0.124. The van der Waals surface area contributed by atoms with Crippen molar-refractivity contribution in [1.29, 1.82) is 0 Å². The summed E-state index contributed by atoms with van der Waals surface area (Å²) in [7, 11) is 0. The number of anilines is 1. The van der Waals surface area contributed by atoms with E-state index in [-0.39, 0.29) is 23.5 Å². The molecule has 2 aromatic rings. The third-order valence-corrected chi connectivity index (χ3v) is 6.05. The standard InChI is InChI=1S/C30H38N2O4/c1-4-6-8-10-28(35)31-26-19-15-24(16-20-26)12-11-23-13-17-25(18-14-23)30(36)32-29(27(34)21-33)22(3)9-7-5-2/h13-20,22,29,33H,4-10,21H2,1-3H3,(H,31,35)(H,32,36). The van der Waals surface area contributed by atoms with Crippen molar-refractivity contribution >= 4 is 23.3 Å². The van der Waals surface area contributed by atoms with E-state index in [0.29, 0.717) is 12.0 Å². The molecular formula is C30H38N2O4. The van der Waals surface area contributed by atoms with Crippen molar-refractivity contribution in [3.63, 3.8) is 0 Å². The van der Waals surface area contributed by atoms with Crippen LogP contribution >= 0.6 is 0 Å². The Balaban J connectivity index is 1.97. The minimum atomic E-state index is -0.711. The zero-order valence-corrected chi connectivity index (χ0v) is 21.6. The molecule has 2 atom stereocenters. The monoisotopic (exact) mass is 490 g/mol. The minimum Gasteiger partial charge on any atom is -0.389 e. The van der Waals surface area contributed by atoms with Gasteiger partial charge in [0.2, 0.25) is 5.91 Å². The van der Waals surface area contributed by atoms with Crippen molar-refractivity contribution in [1.82, 2.24) is 5.32 Å². The van der Waals surface area contributed by atoms with Crippen LogP contribution in [-0.4, -0.2) is 35.4 Å². The van der Waals surface area contributed by atoms with Gasteiger partial charge in [0.15, 0.2) is 5.78 Å². The van der Waals surface area contributed by atoms with E-state index in [1.165, 1.54) is 0 Å². The average Bonchev–Trinajstić information content (AvgIpc) is 2.89. The molecule has 0 fully saturated rings. The third-order valence-electron chi connectivity index (χ3n) is 6.05. The summed E-state index contributed by atoms with van der Waals surface area (Å²) in [5, 5.41) is 15.0. The fraction of sp³-hybridized carbons (Fsp3) is 0.433. The molecule has 3 N–H and O–H groups in total. The molecule has 0 aliphatic rings. The summed E-state index contributed by atoms with van der Waals surface area (Å²) in [4.78, 5) is 36.8. The van der Waals surface area contributed by atoms with Gasteiger partial charge in [-0.05, 0) is 67.3 Å². The van der Waals surface area contributed by atoms with Crippen LogP contribution in [0.15, 0.2) is 48.5 Å². The molecule has 0 saturated carbocycles. The van der Waals surface area contributed by atoms with E-state index in [0.717, 1.165) is 55.3 Å². The summed E-state index contributed by atoms with van der Waals surface area (Å²) < 4.78 is 0. The van der Waals surface area contributed by atoms with Crippen LogP contribution in [0.1, 0.15) is 87.2 Å². The minimum absolute atomic E-state index is 0.0221. The van der Waals surface area contributed by atoms with E-state index in [1.807, 2.05) is 31.2 Å². The zero-order valence-electron chi connectivity index (χ0n) is 21.6. The molecule has 36 heavy (non-hydrogen) atoms. The highest BCUT2D eigenvalue weighted by Gasteiger charge is 2.26. The Morgan fingerprint density at radius 3 is 2.00 bits per heavy atom. The SMILES string of the molecule is CCCCCC(=O)Nc1ccc(C#Cc2ccc(C(=O)NC(C(=O)CO)C(C)CCCC)cc2)cc1. The first-order valence-electron chi connectivity index (χ1n) is 12.8. The Kier molecular flexibility index (Phi) is 12.4. The smallest absolute Gasteiger partial charge is 0.251 e. The lowest BCUT2D eigenvalue weighted by Gasteiger charge is -2.23. The molecule has 0 bridgehead atoms. The first kappa shape index (κ1) is 28.8. The van der Waals surface area contributed by atoms with Gasteiger partial charge < -0.3 is 15.7 Å². The van der Waals surface area contributed by atoms with Crippen LogP contribution in [0, 0.1) is 17.8 Å². The molecule has 0 aliphatic carbocycles. The number of hydrogen-bond acceptors (Lipinski definition) is 4. The summed E-state index contributed by atoms with van der Waals surface area (Å²) >= 11 is 0. The molecule has 2 amide bonds. The zero-order chi connectivity index (χ0) is 26.3. The Bertz CT molecular complexity index is 1050. The largest absolute Gasteiger partial charge is 0.389 e. The topological polar surface area (TPSA) is 95.5 Å². The van der Waals surface area contributed by atoms with Gasteiger partial charge in [-0.15, -0.1) is 0 Å². The maximum Gasteiger partial charge on any atom is 0.251 e. The molecule has 0 radical (unpaired) electrons. The number of rotatable bonds is 13. The highest BCUT2D eigenvalue weighted by Crippen LogP contribution is 2.15. The van der Waals surface area contributed by atoms with Crippen molar-refractivity contribution in [2.45, 2.75) is 71.8 Å². The second-order valence-corrected chi connectivity index (χ2v) is 9.11. The average molecular weight is 491 g/mol. The van der Waals surface area contributed by atoms with Crippen molar-refractivity contribution < 1.29 is 19.5 Å². The van der Waals surface area contributed by atoms with E-state index in [4.69, 9.17) is 0 Å². The van der Waals surface area contributed by atoms with Crippen LogP contribution in [-0.2, 0) is 9.59 Å². The molecule has 2 aromatic carbocycles. The van der Waals surface area contributed by atoms with Crippen molar-refractivity contribution in [3.8, 4) is 11.8 Å². The summed E-state index contributed by atoms with van der Waals surface area (Å²) in [5.41, 5.74) is 2.74. The van der Waals surface area contributed by atoms with Crippen molar-refractivity contribution in [2.75, 3.05) is 11.9 Å². The predicted octanol–water partition coefficient (Wildman–Crippen LogP) is 5.09. The van der Waals surface area contributed by atoms with Crippen molar-refractivity contribution in [3.05, 3.63) is 65.2 Å². The number of ketones is 1. The van der Waals surface area contributed by atoms with Gasteiger partial charge in [0, 0.05) is 28.8 Å². The Hall–Kier alpha value is -3.43. The fourth-order valence-corrected chi connectivity index (χ4v) is 3.80. The number of amides is 2. The number of hydrogen-bond donors (Lipinski definition) is 3. The number of nitrogens with one attached hydrogen (secondary N) is 2. The molecule has 0 aliphatic heterocycles. The summed E-state index contributed by atoms with van der Waals surface area (Å²) in [6.45, 7) is 5.50. The maximum absolute atomic E-state index is 12.7. The van der Waals surface area contributed by atoms with E-state index >= 15 is 0 Å². The lowest BCUT2D eigenvalue weighted by atomic mass is 9.92. The summed E-state index contributed by atoms with van der Waals surface area (Å²) in [6, 6.07) is 13.5. The predicted molar refractivity (Wildman–Crippen MR) is 144 cm³/mol. The molecule has 6 nitrogen and oxygen atoms in total. The molecule has 2 unspecified atom stereocenters. The summed E-state index contributed by atoms with van der Waals surface area (Å²) in [5.74, 6) is 5.40. The van der Waals surface area contributed by atoms with Crippen molar-refractivity contribution in [2.24, 2.45) is 5.92 Å². The summed E-state index contributed by atoms with van der Waals surface area (Å²) in [6.07, 6.45) is 6.31. The molecule has 6 heteroatoms. The van der Waals surface area contributed by atoms with Crippen LogP contribution < -0.4 is 10.6 Å². The second-order valence-electron chi connectivity index (χ2n) is 9.11. The first-order valence-corrected chi connectivity index (χ1v) is 12.8. The maximum atomic E-state index is 12.7. The highest BCUT2D eigenvalue weighted by molar-refractivity contribution is 5.98. The van der Waals surface area contributed by atoms with Gasteiger partial charge in [-0.1, -0.05) is 58.3 Å². The molecule has 0 heterocycles. The molecular weight excluding hydrogens is 452 g/mol. The number of carbonyl (C=O) groups excluding carboxylic acids is 3. The van der Waals surface area contributed by atoms with Gasteiger partial charge in [0.25, 0.3) is 5.91 Å². The van der Waals surface area contributed by atoms with Gasteiger partial charge >= 0.3 is 0 Å². The number of benzene rings is 2. The number of aliphatic hydroxyl groups is 1. The van der Waals surface area contributed by atoms with Crippen LogP contribution in [0.3, 0.4) is 0 Å². The Labute approximate surface area is 214 Å². The normalized spacial score (nSPS) is 12.1.